The lowest BCUT2D eigenvalue weighted by molar-refractivity contribution is -0.111. The van der Waals surface area contributed by atoms with E-state index in [9.17, 15) is 4.79 Å². The van der Waals surface area contributed by atoms with Crippen molar-refractivity contribution in [1.29, 1.82) is 0 Å². The molecular formula is C20H22BrN5O. The second-order valence-corrected chi connectivity index (χ2v) is 7.08. The first-order chi connectivity index (χ1) is 13.0. The summed E-state index contributed by atoms with van der Waals surface area (Å²) in [5.74, 6) is -0.172. The molecule has 140 valence electrons. The number of anilines is 1. The Bertz CT molecular complexity index is 969. The minimum absolute atomic E-state index is 0.172. The quantitative estimate of drug-likeness (QED) is 0.600. The molecule has 1 amide bonds. The molecule has 1 aromatic carbocycles. The SMILES string of the molecule is CCn1cc(/C=C\C(=O)Nc2ccc(Cn3nc(C)c(Br)c3C)cc2)cn1. The normalized spacial score (nSPS) is 11.3. The van der Waals surface area contributed by atoms with E-state index < -0.39 is 0 Å². The maximum absolute atomic E-state index is 12.1. The van der Waals surface area contributed by atoms with Crippen molar-refractivity contribution in [3.05, 3.63) is 69.7 Å². The fraction of sp³-hybridized carbons (Fsp3) is 0.250. The van der Waals surface area contributed by atoms with Gasteiger partial charge < -0.3 is 5.32 Å². The van der Waals surface area contributed by atoms with Crippen LogP contribution in [0.4, 0.5) is 5.69 Å². The number of benzene rings is 1. The van der Waals surface area contributed by atoms with Gasteiger partial charge in [-0.05, 0) is 60.5 Å². The summed E-state index contributed by atoms with van der Waals surface area (Å²) >= 11 is 3.55. The van der Waals surface area contributed by atoms with E-state index in [1.165, 1.54) is 6.08 Å². The zero-order valence-corrected chi connectivity index (χ0v) is 17.2. The predicted molar refractivity (Wildman–Crippen MR) is 111 cm³/mol. The molecule has 6 nitrogen and oxygen atoms in total. The molecular weight excluding hydrogens is 406 g/mol. The van der Waals surface area contributed by atoms with Crippen LogP contribution in [0.5, 0.6) is 0 Å². The second kappa shape index (κ2) is 8.35. The van der Waals surface area contributed by atoms with Crippen LogP contribution in [0.2, 0.25) is 0 Å². The number of halogens is 1. The molecule has 0 saturated carbocycles. The number of hydrogen-bond donors (Lipinski definition) is 1. The Morgan fingerprint density at radius 3 is 2.59 bits per heavy atom. The van der Waals surface area contributed by atoms with Crippen LogP contribution in [0, 0.1) is 13.8 Å². The molecule has 0 unspecified atom stereocenters. The molecule has 1 N–H and O–H groups in total. The number of aryl methyl sites for hydroxylation is 2. The van der Waals surface area contributed by atoms with Gasteiger partial charge in [0, 0.05) is 30.1 Å². The Kier molecular flexibility index (Phi) is 5.91. The third kappa shape index (κ3) is 4.74. The van der Waals surface area contributed by atoms with Crippen LogP contribution >= 0.6 is 15.9 Å². The predicted octanol–water partition coefficient (Wildman–Crippen LogP) is 4.18. The van der Waals surface area contributed by atoms with Gasteiger partial charge in [0.25, 0.3) is 0 Å². The average molecular weight is 428 g/mol. The van der Waals surface area contributed by atoms with Gasteiger partial charge in [0.2, 0.25) is 5.91 Å². The lowest BCUT2D eigenvalue weighted by Crippen LogP contribution is -2.08. The monoisotopic (exact) mass is 427 g/mol. The smallest absolute Gasteiger partial charge is 0.248 e. The fourth-order valence-electron chi connectivity index (χ4n) is 2.69. The summed E-state index contributed by atoms with van der Waals surface area (Å²) in [6.45, 7) is 7.53. The number of nitrogens with one attached hydrogen (secondary N) is 1. The van der Waals surface area contributed by atoms with E-state index >= 15 is 0 Å². The molecule has 0 saturated heterocycles. The van der Waals surface area contributed by atoms with E-state index in [4.69, 9.17) is 0 Å². The van der Waals surface area contributed by atoms with Gasteiger partial charge in [0.15, 0.2) is 0 Å². The molecule has 3 rings (SSSR count). The van der Waals surface area contributed by atoms with Crippen LogP contribution in [0.25, 0.3) is 6.08 Å². The molecule has 3 aromatic rings. The summed E-state index contributed by atoms with van der Waals surface area (Å²) in [7, 11) is 0. The van der Waals surface area contributed by atoms with Gasteiger partial charge in [-0.1, -0.05) is 12.1 Å². The summed E-state index contributed by atoms with van der Waals surface area (Å²) in [4.78, 5) is 12.1. The van der Waals surface area contributed by atoms with Gasteiger partial charge in [-0.2, -0.15) is 10.2 Å². The van der Waals surface area contributed by atoms with Gasteiger partial charge in [0.1, 0.15) is 0 Å². The Balaban J connectivity index is 1.59. The molecule has 2 aromatic heterocycles. The highest BCUT2D eigenvalue weighted by atomic mass is 79.9. The standard InChI is InChI=1S/C20H22BrN5O/c1-4-25-12-17(11-22-25)7-10-19(27)23-18-8-5-16(6-9-18)13-26-15(3)20(21)14(2)24-26/h5-12H,4,13H2,1-3H3,(H,23,27)/b10-7-. The summed E-state index contributed by atoms with van der Waals surface area (Å²) in [5, 5.41) is 11.6. The summed E-state index contributed by atoms with van der Waals surface area (Å²) in [6, 6.07) is 7.79. The Labute approximate surface area is 167 Å². The van der Waals surface area contributed by atoms with Crippen molar-refractivity contribution in [2.45, 2.75) is 33.9 Å². The Hall–Kier alpha value is -2.67. The van der Waals surface area contributed by atoms with Gasteiger partial charge in [0.05, 0.1) is 28.6 Å². The maximum Gasteiger partial charge on any atom is 0.248 e. The molecule has 0 atom stereocenters. The van der Waals surface area contributed by atoms with E-state index in [1.54, 1.807) is 12.3 Å². The number of nitrogens with zero attached hydrogens (tertiary/aromatic N) is 4. The third-order valence-corrected chi connectivity index (χ3v) is 5.40. The van der Waals surface area contributed by atoms with Crippen LogP contribution in [0.1, 0.15) is 29.4 Å². The van der Waals surface area contributed by atoms with Crippen molar-refractivity contribution in [3.63, 3.8) is 0 Å². The number of carbonyl (C=O) groups excluding carboxylic acids is 1. The zero-order valence-electron chi connectivity index (χ0n) is 15.6. The number of hydrogen-bond acceptors (Lipinski definition) is 3. The van der Waals surface area contributed by atoms with Gasteiger partial charge in [-0.25, -0.2) is 0 Å². The Morgan fingerprint density at radius 2 is 2.00 bits per heavy atom. The summed E-state index contributed by atoms with van der Waals surface area (Å²) in [5.41, 5.74) is 4.85. The number of amides is 1. The molecule has 0 aliphatic heterocycles. The highest BCUT2D eigenvalue weighted by Gasteiger charge is 2.09. The van der Waals surface area contributed by atoms with E-state index in [0.29, 0.717) is 6.54 Å². The molecule has 0 aliphatic rings. The van der Waals surface area contributed by atoms with Crippen LogP contribution in [-0.2, 0) is 17.9 Å². The molecule has 2 heterocycles. The second-order valence-electron chi connectivity index (χ2n) is 6.29. The molecule has 0 radical (unpaired) electrons. The molecule has 0 bridgehead atoms. The zero-order chi connectivity index (χ0) is 19.4. The van der Waals surface area contributed by atoms with Crippen molar-refractivity contribution < 1.29 is 4.79 Å². The van der Waals surface area contributed by atoms with Gasteiger partial charge >= 0.3 is 0 Å². The van der Waals surface area contributed by atoms with Crippen molar-refractivity contribution in [2.24, 2.45) is 0 Å². The first-order valence-electron chi connectivity index (χ1n) is 8.76. The lowest BCUT2D eigenvalue weighted by atomic mass is 10.2. The minimum atomic E-state index is -0.172. The van der Waals surface area contributed by atoms with Crippen LogP contribution < -0.4 is 5.32 Å². The van der Waals surface area contributed by atoms with Gasteiger partial charge in [-0.15, -0.1) is 0 Å². The average Bonchev–Trinajstić information content (AvgIpc) is 3.22. The van der Waals surface area contributed by atoms with Crippen molar-refractivity contribution in [2.75, 3.05) is 5.32 Å². The first kappa shape index (κ1) is 19.1. The first-order valence-corrected chi connectivity index (χ1v) is 9.55. The highest BCUT2D eigenvalue weighted by Crippen LogP contribution is 2.21. The number of carbonyl (C=O) groups is 1. The van der Waals surface area contributed by atoms with Crippen LogP contribution in [0.15, 0.2) is 47.2 Å². The van der Waals surface area contributed by atoms with E-state index in [1.807, 2.05) is 60.6 Å². The topological polar surface area (TPSA) is 64.7 Å². The molecule has 0 fully saturated rings. The van der Waals surface area contributed by atoms with Crippen molar-refractivity contribution in [3.8, 4) is 0 Å². The molecule has 0 spiro atoms. The van der Waals surface area contributed by atoms with E-state index in [-0.39, 0.29) is 5.91 Å². The van der Waals surface area contributed by atoms with Gasteiger partial charge in [-0.3, -0.25) is 14.2 Å². The van der Waals surface area contributed by atoms with Crippen molar-refractivity contribution in [1.82, 2.24) is 19.6 Å². The molecule has 7 heteroatoms. The number of aromatic nitrogens is 4. The summed E-state index contributed by atoms with van der Waals surface area (Å²) in [6.07, 6.45) is 6.90. The van der Waals surface area contributed by atoms with Crippen molar-refractivity contribution >= 4 is 33.6 Å². The maximum atomic E-state index is 12.1. The summed E-state index contributed by atoms with van der Waals surface area (Å²) < 4.78 is 4.83. The van der Waals surface area contributed by atoms with Crippen LogP contribution in [-0.4, -0.2) is 25.5 Å². The van der Waals surface area contributed by atoms with Crippen LogP contribution in [0.3, 0.4) is 0 Å². The third-order valence-electron chi connectivity index (χ3n) is 4.25. The van der Waals surface area contributed by atoms with E-state index in [2.05, 4.69) is 31.4 Å². The fourth-order valence-corrected chi connectivity index (χ4v) is 2.97. The molecule has 0 aliphatic carbocycles. The highest BCUT2D eigenvalue weighted by molar-refractivity contribution is 9.10. The van der Waals surface area contributed by atoms with E-state index in [0.717, 1.165) is 39.2 Å². The minimum Gasteiger partial charge on any atom is -0.323 e. The Morgan fingerprint density at radius 1 is 1.26 bits per heavy atom. The number of rotatable bonds is 6. The largest absolute Gasteiger partial charge is 0.323 e. The lowest BCUT2D eigenvalue weighted by Gasteiger charge is -2.07. The molecule has 27 heavy (non-hydrogen) atoms.